The Hall–Kier alpha value is -2.29. The standard InChI is InChI=1S/C18H14ClF2NO4S/c1-9-3-4-10(5-12(9)19)18-17(15(8-23)26-22-18)11-6-14(21)16(7-13(11)20)27(2,24)25/h3-7,23H,8H2,1-2H3. The molecule has 2 aromatic carbocycles. The molecule has 0 aliphatic rings. The van der Waals surface area contributed by atoms with Crippen molar-refractivity contribution in [2.24, 2.45) is 0 Å². The first kappa shape index (κ1) is 19.5. The Morgan fingerprint density at radius 1 is 1.19 bits per heavy atom. The molecule has 0 saturated heterocycles. The van der Waals surface area contributed by atoms with Gasteiger partial charge in [0.2, 0.25) is 0 Å². The van der Waals surface area contributed by atoms with Crippen molar-refractivity contribution in [2.45, 2.75) is 18.4 Å². The van der Waals surface area contributed by atoms with Crippen molar-refractivity contribution in [3.8, 4) is 22.4 Å². The van der Waals surface area contributed by atoms with Crippen molar-refractivity contribution in [2.75, 3.05) is 6.26 Å². The molecule has 0 amide bonds. The van der Waals surface area contributed by atoms with Gasteiger partial charge in [-0.05, 0) is 30.7 Å². The summed E-state index contributed by atoms with van der Waals surface area (Å²) < 4.78 is 57.2. The summed E-state index contributed by atoms with van der Waals surface area (Å²) in [6, 6.07) is 6.32. The first-order valence-corrected chi connectivity index (χ1v) is 9.95. The molecule has 5 nitrogen and oxygen atoms in total. The molecule has 1 aromatic heterocycles. The van der Waals surface area contributed by atoms with Gasteiger partial charge < -0.3 is 9.63 Å². The van der Waals surface area contributed by atoms with E-state index in [-0.39, 0.29) is 22.6 Å². The molecule has 3 aromatic rings. The molecule has 9 heteroatoms. The van der Waals surface area contributed by atoms with Gasteiger partial charge in [-0.15, -0.1) is 0 Å². The minimum atomic E-state index is -3.95. The summed E-state index contributed by atoms with van der Waals surface area (Å²) in [5, 5.41) is 13.8. The molecular weight excluding hydrogens is 400 g/mol. The lowest BCUT2D eigenvalue weighted by atomic mass is 9.98. The Morgan fingerprint density at radius 2 is 1.89 bits per heavy atom. The maximum Gasteiger partial charge on any atom is 0.178 e. The number of aromatic nitrogens is 1. The molecule has 142 valence electrons. The zero-order chi connectivity index (χ0) is 19.9. The second-order valence-electron chi connectivity index (χ2n) is 5.99. The fourth-order valence-corrected chi connectivity index (χ4v) is 3.56. The molecule has 0 fully saturated rings. The van der Waals surface area contributed by atoms with Crippen LogP contribution in [0, 0.1) is 18.6 Å². The quantitative estimate of drug-likeness (QED) is 0.695. The van der Waals surface area contributed by atoms with Crippen LogP contribution < -0.4 is 0 Å². The summed E-state index contributed by atoms with van der Waals surface area (Å²) in [6.07, 6.45) is 0.781. The van der Waals surface area contributed by atoms with E-state index in [2.05, 4.69) is 5.16 Å². The smallest absolute Gasteiger partial charge is 0.178 e. The second kappa shape index (κ2) is 7.03. The van der Waals surface area contributed by atoms with E-state index < -0.39 is 33.0 Å². The predicted molar refractivity (Wildman–Crippen MR) is 96.1 cm³/mol. The Bertz CT molecular complexity index is 1140. The lowest BCUT2D eigenvalue weighted by Crippen LogP contribution is -2.03. The topological polar surface area (TPSA) is 80.4 Å². The van der Waals surface area contributed by atoms with Gasteiger partial charge in [0, 0.05) is 22.4 Å². The zero-order valence-electron chi connectivity index (χ0n) is 14.3. The van der Waals surface area contributed by atoms with Crippen molar-refractivity contribution in [1.29, 1.82) is 0 Å². The minimum Gasteiger partial charge on any atom is -0.388 e. The van der Waals surface area contributed by atoms with Crippen LogP contribution in [0.3, 0.4) is 0 Å². The van der Waals surface area contributed by atoms with Crippen molar-refractivity contribution < 1.29 is 26.8 Å². The lowest BCUT2D eigenvalue weighted by Gasteiger charge is -2.09. The molecule has 0 unspecified atom stereocenters. The monoisotopic (exact) mass is 413 g/mol. The maximum atomic E-state index is 14.7. The number of hydrogen-bond acceptors (Lipinski definition) is 5. The van der Waals surface area contributed by atoms with E-state index in [1.807, 2.05) is 0 Å². The third-order valence-electron chi connectivity index (χ3n) is 4.04. The molecular formula is C18H14ClF2NO4S. The van der Waals surface area contributed by atoms with Crippen LogP contribution in [-0.4, -0.2) is 24.9 Å². The number of sulfone groups is 1. The molecule has 27 heavy (non-hydrogen) atoms. The fourth-order valence-electron chi connectivity index (χ4n) is 2.65. The highest BCUT2D eigenvalue weighted by Crippen LogP contribution is 2.38. The maximum absolute atomic E-state index is 14.7. The molecule has 1 heterocycles. The first-order chi connectivity index (χ1) is 12.6. The van der Waals surface area contributed by atoms with Crippen LogP contribution >= 0.6 is 11.6 Å². The summed E-state index contributed by atoms with van der Waals surface area (Å²) in [7, 11) is -3.95. The van der Waals surface area contributed by atoms with Crippen molar-refractivity contribution in [3.05, 3.63) is 58.3 Å². The van der Waals surface area contributed by atoms with E-state index in [4.69, 9.17) is 16.1 Å². The van der Waals surface area contributed by atoms with Gasteiger partial charge in [-0.25, -0.2) is 17.2 Å². The summed E-state index contributed by atoms with van der Waals surface area (Å²) in [5.74, 6) is -2.20. The molecule has 3 rings (SSSR count). The van der Waals surface area contributed by atoms with Crippen LogP contribution in [-0.2, 0) is 16.4 Å². The number of aliphatic hydroxyl groups excluding tert-OH is 1. The lowest BCUT2D eigenvalue weighted by molar-refractivity contribution is 0.230. The normalized spacial score (nSPS) is 11.8. The SMILES string of the molecule is Cc1ccc(-c2noc(CO)c2-c2cc(F)c(S(C)(=O)=O)cc2F)cc1Cl. The highest BCUT2D eigenvalue weighted by atomic mass is 35.5. The van der Waals surface area contributed by atoms with Crippen molar-refractivity contribution in [3.63, 3.8) is 0 Å². The van der Waals surface area contributed by atoms with E-state index in [9.17, 15) is 22.3 Å². The molecule has 0 aliphatic heterocycles. The summed E-state index contributed by atoms with van der Waals surface area (Å²) in [6.45, 7) is 1.19. The van der Waals surface area contributed by atoms with Gasteiger partial charge >= 0.3 is 0 Å². The van der Waals surface area contributed by atoms with E-state index in [0.717, 1.165) is 17.9 Å². The van der Waals surface area contributed by atoms with Crippen LogP contribution in [0.2, 0.25) is 5.02 Å². The van der Waals surface area contributed by atoms with Crippen molar-refractivity contribution in [1.82, 2.24) is 5.16 Å². The van der Waals surface area contributed by atoms with Gasteiger partial charge in [0.1, 0.15) is 28.8 Å². The number of rotatable bonds is 4. The third kappa shape index (κ3) is 3.60. The average molecular weight is 414 g/mol. The number of aryl methyl sites for hydroxylation is 1. The van der Waals surface area contributed by atoms with Gasteiger partial charge in [0.25, 0.3) is 0 Å². The number of benzene rings is 2. The summed E-state index contributed by atoms with van der Waals surface area (Å²) in [5.41, 5.74) is 1.16. The molecule has 0 bridgehead atoms. The molecule has 0 radical (unpaired) electrons. The number of aliphatic hydroxyl groups is 1. The average Bonchev–Trinajstić information content (AvgIpc) is 3.01. The fraction of sp³-hybridized carbons (Fsp3) is 0.167. The zero-order valence-corrected chi connectivity index (χ0v) is 15.8. The second-order valence-corrected chi connectivity index (χ2v) is 8.38. The van der Waals surface area contributed by atoms with Gasteiger partial charge in [-0.2, -0.15) is 0 Å². The van der Waals surface area contributed by atoms with Crippen LogP contribution in [0.15, 0.2) is 39.8 Å². The Morgan fingerprint density at radius 3 is 2.48 bits per heavy atom. The Labute approximate surface area is 159 Å². The van der Waals surface area contributed by atoms with Crippen LogP contribution in [0.1, 0.15) is 11.3 Å². The van der Waals surface area contributed by atoms with E-state index >= 15 is 0 Å². The number of nitrogens with zero attached hydrogens (tertiary/aromatic N) is 1. The van der Waals surface area contributed by atoms with E-state index in [0.29, 0.717) is 16.7 Å². The van der Waals surface area contributed by atoms with Gasteiger partial charge in [-0.1, -0.05) is 28.9 Å². The van der Waals surface area contributed by atoms with Crippen LogP contribution in [0.25, 0.3) is 22.4 Å². The molecule has 0 saturated carbocycles. The number of halogens is 3. The highest BCUT2D eigenvalue weighted by molar-refractivity contribution is 7.90. The highest BCUT2D eigenvalue weighted by Gasteiger charge is 2.25. The third-order valence-corrected chi connectivity index (χ3v) is 5.56. The summed E-state index contributed by atoms with van der Waals surface area (Å²) in [4.78, 5) is -0.759. The predicted octanol–water partition coefficient (Wildman–Crippen LogP) is 4.14. The van der Waals surface area contributed by atoms with E-state index in [1.54, 1.807) is 25.1 Å². The summed E-state index contributed by atoms with van der Waals surface area (Å²) >= 11 is 6.12. The van der Waals surface area contributed by atoms with E-state index in [1.165, 1.54) is 0 Å². The van der Waals surface area contributed by atoms with Gasteiger partial charge in [0.15, 0.2) is 15.6 Å². The van der Waals surface area contributed by atoms with Gasteiger partial charge in [-0.3, -0.25) is 0 Å². The molecule has 0 atom stereocenters. The molecule has 0 spiro atoms. The van der Waals surface area contributed by atoms with Gasteiger partial charge in [0.05, 0.1) is 5.56 Å². The molecule has 1 N–H and O–H groups in total. The Balaban J connectivity index is 2.27. The Kier molecular flexibility index (Phi) is 5.07. The van der Waals surface area contributed by atoms with Crippen LogP contribution in [0.5, 0.6) is 0 Å². The minimum absolute atomic E-state index is 0.0221. The van der Waals surface area contributed by atoms with Crippen molar-refractivity contribution >= 4 is 21.4 Å². The molecule has 0 aliphatic carbocycles. The first-order valence-electron chi connectivity index (χ1n) is 7.69. The number of hydrogen-bond donors (Lipinski definition) is 1. The largest absolute Gasteiger partial charge is 0.388 e. The van der Waals surface area contributed by atoms with Crippen LogP contribution in [0.4, 0.5) is 8.78 Å².